The van der Waals surface area contributed by atoms with Gasteiger partial charge in [0, 0.05) is 23.3 Å². The van der Waals surface area contributed by atoms with E-state index < -0.39 is 0 Å². The Morgan fingerprint density at radius 2 is 2.15 bits per heavy atom. The number of fused-ring (bicyclic) bond motifs is 1. The summed E-state index contributed by atoms with van der Waals surface area (Å²) in [7, 11) is 0. The van der Waals surface area contributed by atoms with Crippen molar-refractivity contribution in [2.75, 3.05) is 13.1 Å². The van der Waals surface area contributed by atoms with Crippen LogP contribution in [0, 0.1) is 0 Å². The lowest BCUT2D eigenvalue weighted by Crippen LogP contribution is -2.26. The number of amides is 1. The second kappa shape index (κ2) is 6.90. The molecule has 108 valence electrons. The summed E-state index contributed by atoms with van der Waals surface area (Å²) in [5.41, 5.74) is 0.898. The van der Waals surface area contributed by atoms with E-state index in [-0.39, 0.29) is 11.9 Å². The average Bonchev–Trinajstić information content (AvgIpc) is 2.80. The van der Waals surface area contributed by atoms with Crippen molar-refractivity contribution in [3.05, 3.63) is 34.5 Å². The molecule has 2 rings (SSSR count). The molecule has 1 heterocycles. The van der Waals surface area contributed by atoms with E-state index in [2.05, 4.69) is 39.6 Å². The maximum Gasteiger partial charge on any atom is 0.216 e. The lowest BCUT2D eigenvalue weighted by Gasteiger charge is -2.11. The molecular formula is C15H19BrN2O2. The molecule has 1 amide bonds. The topological polar surface area (TPSA) is 54.3 Å². The summed E-state index contributed by atoms with van der Waals surface area (Å²) >= 11 is 3.46. The second-order valence-electron chi connectivity index (χ2n) is 4.84. The third-order valence-electron chi connectivity index (χ3n) is 3.10. The summed E-state index contributed by atoms with van der Waals surface area (Å²) in [5.74, 6) is 0.943. The molecule has 1 aromatic heterocycles. The zero-order valence-corrected chi connectivity index (χ0v) is 13.3. The van der Waals surface area contributed by atoms with Crippen molar-refractivity contribution >= 4 is 32.8 Å². The summed E-state index contributed by atoms with van der Waals surface area (Å²) < 4.78 is 6.88. The number of hydrogen-bond donors (Lipinski definition) is 2. The Bertz CT molecular complexity index is 595. The molecule has 20 heavy (non-hydrogen) atoms. The van der Waals surface area contributed by atoms with Crippen molar-refractivity contribution in [2.24, 2.45) is 0 Å². The monoisotopic (exact) mass is 338 g/mol. The third kappa shape index (κ3) is 4.08. The van der Waals surface area contributed by atoms with Crippen LogP contribution in [0.5, 0.6) is 0 Å². The van der Waals surface area contributed by atoms with Crippen LogP contribution in [0.1, 0.15) is 32.1 Å². The number of hydrogen-bond acceptors (Lipinski definition) is 3. The van der Waals surface area contributed by atoms with Gasteiger partial charge in [-0.3, -0.25) is 4.79 Å². The predicted molar refractivity (Wildman–Crippen MR) is 83.6 cm³/mol. The Kier molecular flexibility index (Phi) is 5.20. The van der Waals surface area contributed by atoms with Gasteiger partial charge in [0.15, 0.2) is 0 Å². The van der Waals surface area contributed by atoms with Gasteiger partial charge in [-0.05, 0) is 44.2 Å². The molecule has 0 saturated carbocycles. The highest BCUT2D eigenvalue weighted by Crippen LogP contribution is 2.26. The van der Waals surface area contributed by atoms with E-state index >= 15 is 0 Å². The van der Waals surface area contributed by atoms with Crippen molar-refractivity contribution in [1.82, 2.24) is 10.6 Å². The van der Waals surface area contributed by atoms with Gasteiger partial charge in [0.05, 0.1) is 6.04 Å². The SMILES string of the molecule is CC(=O)NCCCNC(C)c1cc2cc(Br)ccc2o1. The Balaban J connectivity index is 1.87. The maximum atomic E-state index is 10.7. The van der Waals surface area contributed by atoms with E-state index in [9.17, 15) is 4.79 Å². The molecule has 1 atom stereocenters. The van der Waals surface area contributed by atoms with E-state index in [0.29, 0.717) is 6.54 Å². The fourth-order valence-electron chi connectivity index (χ4n) is 2.02. The number of rotatable bonds is 6. The van der Waals surface area contributed by atoms with Crippen LogP contribution in [0.25, 0.3) is 11.0 Å². The van der Waals surface area contributed by atoms with Crippen LogP contribution in [0.3, 0.4) is 0 Å². The molecule has 1 aromatic carbocycles. The highest BCUT2D eigenvalue weighted by molar-refractivity contribution is 9.10. The van der Waals surface area contributed by atoms with Crippen LogP contribution < -0.4 is 10.6 Å². The van der Waals surface area contributed by atoms with Gasteiger partial charge in [-0.25, -0.2) is 0 Å². The maximum absolute atomic E-state index is 10.7. The van der Waals surface area contributed by atoms with Gasteiger partial charge in [0.25, 0.3) is 0 Å². The number of benzene rings is 1. The molecule has 2 aromatic rings. The lowest BCUT2D eigenvalue weighted by atomic mass is 10.2. The Morgan fingerprint density at radius 1 is 1.35 bits per heavy atom. The summed E-state index contributed by atoms with van der Waals surface area (Å²) in [6, 6.07) is 8.20. The molecule has 4 nitrogen and oxygen atoms in total. The number of carbonyl (C=O) groups excluding carboxylic acids is 1. The van der Waals surface area contributed by atoms with Gasteiger partial charge in [-0.15, -0.1) is 0 Å². The Hall–Kier alpha value is -1.33. The van der Waals surface area contributed by atoms with Crippen LogP contribution in [-0.2, 0) is 4.79 Å². The first-order valence-corrected chi connectivity index (χ1v) is 7.52. The van der Waals surface area contributed by atoms with E-state index in [1.807, 2.05) is 18.2 Å². The number of carbonyl (C=O) groups is 1. The number of halogens is 1. The van der Waals surface area contributed by atoms with Gasteiger partial charge in [-0.1, -0.05) is 15.9 Å². The molecule has 1 unspecified atom stereocenters. The minimum absolute atomic E-state index is 0.0147. The van der Waals surface area contributed by atoms with E-state index in [1.165, 1.54) is 6.92 Å². The number of nitrogens with one attached hydrogen (secondary N) is 2. The van der Waals surface area contributed by atoms with Gasteiger partial charge in [0.2, 0.25) is 5.91 Å². The van der Waals surface area contributed by atoms with Crippen molar-refractivity contribution in [2.45, 2.75) is 26.3 Å². The fourth-order valence-corrected chi connectivity index (χ4v) is 2.40. The molecule has 0 bridgehead atoms. The molecule has 0 saturated heterocycles. The Morgan fingerprint density at radius 3 is 2.90 bits per heavy atom. The van der Waals surface area contributed by atoms with Crippen LogP contribution in [0.4, 0.5) is 0 Å². The first kappa shape index (κ1) is 15.1. The van der Waals surface area contributed by atoms with E-state index in [4.69, 9.17) is 4.42 Å². The molecule has 2 N–H and O–H groups in total. The molecule has 0 fully saturated rings. The van der Waals surface area contributed by atoms with Crippen molar-refractivity contribution in [3.8, 4) is 0 Å². The minimum Gasteiger partial charge on any atom is -0.459 e. The van der Waals surface area contributed by atoms with Crippen LogP contribution in [-0.4, -0.2) is 19.0 Å². The first-order chi connectivity index (χ1) is 9.56. The third-order valence-corrected chi connectivity index (χ3v) is 3.60. The fraction of sp³-hybridized carbons (Fsp3) is 0.400. The summed E-state index contributed by atoms with van der Waals surface area (Å²) in [6.07, 6.45) is 0.899. The smallest absolute Gasteiger partial charge is 0.216 e. The summed E-state index contributed by atoms with van der Waals surface area (Å²) in [4.78, 5) is 10.7. The van der Waals surface area contributed by atoms with Crippen molar-refractivity contribution < 1.29 is 9.21 Å². The van der Waals surface area contributed by atoms with Gasteiger partial charge in [0.1, 0.15) is 11.3 Å². The highest BCUT2D eigenvalue weighted by Gasteiger charge is 2.10. The van der Waals surface area contributed by atoms with Crippen LogP contribution >= 0.6 is 15.9 Å². The largest absolute Gasteiger partial charge is 0.459 e. The van der Waals surface area contributed by atoms with E-state index in [1.54, 1.807) is 0 Å². The zero-order valence-electron chi connectivity index (χ0n) is 11.7. The lowest BCUT2D eigenvalue weighted by molar-refractivity contribution is -0.118. The Labute approximate surface area is 127 Å². The minimum atomic E-state index is 0.0147. The normalized spacial score (nSPS) is 12.6. The molecule has 0 aliphatic carbocycles. The predicted octanol–water partition coefficient (Wildman–Crippen LogP) is 3.37. The van der Waals surface area contributed by atoms with Gasteiger partial charge >= 0.3 is 0 Å². The van der Waals surface area contributed by atoms with Gasteiger partial charge in [-0.2, -0.15) is 0 Å². The molecule has 0 aliphatic rings. The summed E-state index contributed by atoms with van der Waals surface area (Å²) in [6.45, 7) is 5.14. The first-order valence-electron chi connectivity index (χ1n) is 6.73. The van der Waals surface area contributed by atoms with Crippen LogP contribution in [0.15, 0.2) is 33.2 Å². The molecule has 0 aliphatic heterocycles. The van der Waals surface area contributed by atoms with Gasteiger partial charge < -0.3 is 15.1 Å². The summed E-state index contributed by atoms with van der Waals surface area (Å²) in [5, 5.41) is 7.27. The molecule has 5 heteroatoms. The zero-order chi connectivity index (χ0) is 14.5. The van der Waals surface area contributed by atoms with Crippen LogP contribution in [0.2, 0.25) is 0 Å². The van der Waals surface area contributed by atoms with Crippen molar-refractivity contribution in [1.29, 1.82) is 0 Å². The molecule has 0 spiro atoms. The number of furan rings is 1. The second-order valence-corrected chi connectivity index (χ2v) is 5.76. The standard InChI is InChI=1S/C15H19BrN2O2/c1-10(17-6-3-7-18-11(2)19)15-9-12-8-13(16)4-5-14(12)20-15/h4-5,8-10,17H,3,6-7H2,1-2H3,(H,18,19). The molecule has 0 radical (unpaired) electrons. The molecular weight excluding hydrogens is 320 g/mol. The average molecular weight is 339 g/mol. The highest BCUT2D eigenvalue weighted by atomic mass is 79.9. The van der Waals surface area contributed by atoms with Crippen molar-refractivity contribution in [3.63, 3.8) is 0 Å². The quantitative estimate of drug-likeness (QED) is 0.794. The van der Waals surface area contributed by atoms with E-state index in [0.717, 1.165) is 34.2 Å².